The van der Waals surface area contributed by atoms with Gasteiger partial charge in [-0.2, -0.15) is 11.8 Å². The van der Waals surface area contributed by atoms with Gasteiger partial charge >= 0.3 is 0 Å². The summed E-state index contributed by atoms with van der Waals surface area (Å²) in [7, 11) is 0. The lowest BCUT2D eigenvalue weighted by Crippen LogP contribution is -2.32. The molecular formula is C19H20INOS. The molecule has 4 heteroatoms. The first-order chi connectivity index (χ1) is 11.1. The number of carbonyl (C=O) groups excluding carboxylic acids is 1. The molecule has 0 saturated carbocycles. The summed E-state index contributed by atoms with van der Waals surface area (Å²) in [6, 6.07) is 16.5. The fraction of sp³-hybridized carbons (Fsp3) is 0.316. The Morgan fingerprint density at radius 1 is 1.13 bits per heavy atom. The molecule has 0 N–H and O–H groups in total. The first-order valence-electron chi connectivity index (χ1n) is 7.87. The third-order valence-corrected chi connectivity index (χ3v) is 6.28. The second kappa shape index (κ2) is 7.71. The number of aryl methyl sites for hydroxylation is 1. The normalized spacial score (nSPS) is 18.5. The summed E-state index contributed by atoms with van der Waals surface area (Å²) < 4.78 is 1.16. The van der Waals surface area contributed by atoms with Crippen LogP contribution in [0, 0.1) is 10.5 Å². The van der Waals surface area contributed by atoms with Crippen LogP contribution in [0.25, 0.3) is 0 Å². The molecule has 1 heterocycles. The molecule has 2 aromatic carbocycles. The number of thioether (sulfide) groups is 1. The van der Waals surface area contributed by atoms with Crippen molar-refractivity contribution in [1.29, 1.82) is 0 Å². The fourth-order valence-electron chi connectivity index (χ4n) is 2.94. The van der Waals surface area contributed by atoms with Crippen molar-refractivity contribution in [1.82, 2.24) is 4.90 Å². The SMILES string of the molecule is Cc1ccccc1C1CCN(C(=O)c2ccc(I)cc2)CCS1. The Labute approximate surface area is 155 Å². The molecule has 120 valence electrons. The minimum atomic E-state index is 0.160. The maximum atomic E-state index is 12.7. The van der Waals surface area contributed by atoms with Gasteiger partial charge in [-0.25, -0.2) is 0 Å². The molecule has 1 atom stereocenters. The highest BCUT2D eigenvalue weighted by atomic mass is 127. The number of hydrogen-bond acceptors (Lipinski definition) is 2. The lowest BCUT2D eigenvalue weighted by Gasteiger charge is -2.21. The van der Waals surface area contributed by atoms with Gasteiger partial charge < -0.3 is 4.90 Å². The third kappa shape index (κ3) is 4.10. The molecule has 1 fully saturated rings. The lowest BCUT2D eigenvalue weighted by molar-refractivity contribution is 0.0766. The Morgan fingerprint density at radius 3 is 2.61 bits per heavy atom. The first-order valence-corrected chi connectivity index (χ1v) is 10.00. The molecule has 1 amide bonds. The van der Waals surface area contributed by atoms with Crippen LogP contribution < -0.4 is 0 Å². The number of amides is 1. The van der Waals surface area contributed by atoms with Gasteiger partial charge in [-0.05, 0) is 71.3 Å². The third-order valence-electron chi connectivity index (χ3n) is 4.26. The van der Waals surface area contributed by atoms with Gasteiger partial charge in [0.1, 0.15) is 0 Å². The van der Waals surface area contributed by atoms with Gasteiger partial charge in [0.05, 0.1) is 0 Å². The lowest BCUT2D eigenvalue weighted by atomic mass is 10.0. The maximum absolute atomic E-state index is 12.7. The summed E-state index contributed by atoms with van der Waals surface area (Å²) in [5.41, 5.74) is 3.56. The second-order valence-electron chi connectivity index (χ2n) is 5.80. The van der Waals surface area contributed by atoms with E-state index in [1.165, 1.54) is 11.1 Å². The van der Waals surface area contributed by atoms with Crippen LogP contribution in [0.15, 0.2) is 48.5 Å². The van der Waals surface area contributed by atoms with Crippen LogP contribution in [0.5, 0.6) is 0 Å². The Hall–Kier alpha value is -1.01. The Balaban J connectivity index is 1.70. The standard InChI is InChI=1S/C19H20INOS/c1-14-4-2-3-5-17(14)18-10-11-21(12-13-23-18)19(22)15-6-8-16(20)9-7-15/h2-9,18H,10-13H2,1H3. The maximum Gasteiger partial charge on any atom is 0.253 e. The van der Waals surface area contributed by atoms with Crippen LogP contribution in [0.4, 0.5) is 0 Å². The van der Waals surface area contributed by atoms with Gasteiger partial charge in [-0.3, -0.25) is 4.79 Å². The van der Waals surface area contributed by atoms with Gasteiger partial charge in [-0.1, -0.05) is 24.3 Å². The van der Waals surface area contributed by atoms with Gasteiger partial charge in [0.25, 0.3) is 5.91 Å². The molecule has 0 aromatic heterocycles. The molecule has 0 aliphatic carbocycles. The van der Waals surface area contributed by atoms with Gasteiger partial charge in [0.2, 0.25) is 0 Å². The van der Waals surface area contributed by atoms with E-state index in [4.69, 9.17) is 0 Å². The number of hydrogen-bond donors (Lipinski definition) is 0. The average molecular weight is 437 g/mol. The molecule has 1 saturated heterocycles. The van der Waals surface area contributed by atoms with E-state index in [1.807, 2.05) is 40.9 Å². The van der Waals surface area contributed by atoms with Crippen molar-refractivity contribution in [3.63, 3.8) is 0 Å². The van der Waals surface area contributed by atoms with Crippen LogP contribution in [0.2, 0.25) is 0 Å². The van der Waals surface area contributed by atoms with Crippen molar-refractivity contribution >= 4 is 40.3 Å². The second-order valence-corrected chi connectivity index (χ2v) is 8.36. The Kier molecular flexibility index (Phi) is 5.64. The summed E-state index contributed by atoms with van der Waals surface area (Å²) in [6.07, 6.45) is 1.02. The highest BCUT2D eigenvalue weighted by Gasteiger charge is 2.23. The summed E-state index contributed by atoms with van der Waals surface area (Å²) in [5, 5.41) is 0.491. The molecule has 1 aliphatic rings. The van der Waals surface area contributed by atoms with Crippen molar-refractivity contribution in [3.05, 3.63) is 68.8 Å². The minimum Gasteiger partial charge on any atom is -0.338 e. The van der Waals surface area contributed by atoms with E-state index in [-0.39, 0.29) is 5.91 Å². The zero-order valence-corrected chi connectivity index (χ0v) is 16.1. The fourth-order valence-corrected chi connectivity index (χ4v) is 4.63. The number of carbonyl (C=O) groups is 1. The van der Waals surface area contributed by atoms with Crippen LogP contribution >= 0.6 is 34.4 Å². The molecular weight excluding hydrogens is 417 g/mol. The molecule has 1 aliphatic heterocycles. The molecule has 0 radical (unpaired) electrons. The molecule has 3 rings (SSSR count). The van der Waals surface area contributed by atoms with Crippen molar-refractivity contribution in [2.75, 3.05) is 18.8 Å². The largest absolute Gasteiger partial charge is 0.338 e. The summed E-state index contributed by atoms with van der Waals surface area (Å²) >= 11 is 4.24. The van der Waals surface area contributed by atoms with Gasteiger partial charge in [-0.15, -0.1) is 0 Å². The number of nitrogens with zero attached hydrogens (tertiary/aromatic N) is 1. The van der Waals surface area contributed by atoms with E-state index in [0.717, 1.165) is 34.4 Å². The predicted octanol–water partition coefficient (Wildman–Crippen LogP) is 4.92. The van der Waals surface area contributed by atoms with Gasteiger partial charge in [0.15, 0.2) is 0 Å². The van der Waals surface area contributed by atoms with Crippen LogP contribution in [-0.4, -0.2) is 29.6 Å². The zero-order chi connectivity index (χ0) is 16.2. The average Bonchev–Trinajstić information content (AvgIpc) is 2.81. The van der Waals surface area contributed by atoms with E-state index < -0.39 is 0 Å². The van der Waals surface area contributed by atoms with Gasteiger partial charge in [0, 0.05) is 33.2 Å². The van der Waals surface area contributed by atoms with Crippen molar-refractivity contribution in [2.45, 2.75) is 18.6 Å². The van der Waals surface area contributed by atoms with E-state index in [1.54, 1.807) is 0 Å². The Bertz CT molecular complexity index is 686. The first kappa shape index (κ1) is 16.8. The molecule has 2 aromatic rings. The number of benzene rings is 2. The molecule has 0 bridgehead atoms. The monoisotopic (exact) mass is 437 g/mol. The quantitative estimate of drug-likeness (QED) is 0.622. The van der Waals surface area contributed by atoms with Crippen molar-refractivity contribution in [3.8, 4) is 0 Å². The van der Waals surface area contributed by atoms with E-state index in [2.05, 4.69) is 53.8 Å². The molecule has 1 unspecified atom stereocenters. The number of halogens is 1. The van der Waals surface area contributed by atoms with E-state index in [9.17, 15) is 4.79 Å². The highest BCUT2D eigenvalue weighted by Crippen LogP contribution is 2.36. The zero-order valence-electron chi connectivity index (χ0n) is 13.2. The number of rotatable bonds is 2. The summed E-state index contributed by atoms with van der Waals surface area (Å²) in [6.45, 7) is 3.84. The topological polar surface area (TPSA) is 20.3 Å². The van der Waals surface area contributed by atoms with Crippen LogP contribution in [0.3, 0.4) is 0 Å². The minimum absolute atomic E-state index is 0.160. The Morgan fingerprint density at radius 2 is 1.87 bits per heavy atom. The smallest absolute Gasteiger partial charge is 0.253 e. The summed E-state index contributed by atoms with van der Waals surface area (Å²) in [4.78, 5) is 14.7. The predicted molar refractivity (Wildman–Crippen MR) is 106 cm³/mol. The van der Waals surface area contributed by atoms with E-state index >= 15 is 0 Å². The van der Waals surface area contributed by atoms with Crippen LogP contribution in [-0.2, 0) is 0 Å². The van der Waals surface area contributed by atoms with E-state index in [0.29, 0.717) is 5.25 Å². The summed E-state index contributed by atoms with van der Waals surface area (Å²) in [5.74, 6) is 1.15. The molecule has 2 nitrogen and oxygen atoms in total. The molecule has 23 heavy (non-hydrogen) atoms. The van der Waals surface area contributed by atoms with Crippen molar-refractivity contribution < 1.29 is 4.79 Å². The highest BCUT2D eigenvalue weighted by molar-refractivity contribution is 14.1. The molecule has 0 spiro atoms. The van der Waals surface area contributed by atoms with Crippen molar-refractivity contribution in [2.24, 2.45) is 0 Å². The van der Waals surface area contributed by atoms with Crippen LogP contribution in [0.1, 0.15) is 33.2 Å².